The van der Waals surface area contributed by atoms with E-state index in [1.54, 1.807) is 54.6 Å². The summed E-state index contributed by atoms with van der Waals surface area (Å²) in [5.41, 5.74) is -0.00604. The van der Waals surface area contributed by atoms with Gasteiger partial charge in [0.25, 0.3) is 5.56 Å². The molecule has 0 bridgehead atoms. The van der Waals surface area contributed by atoms with Gasteiger partial charge in [0.2, 0.25) is 0 Å². The molecule has 0 fully saturated rings. The van der Waals surface area contributed by atoms with Crippen LogP contribution in [0.1, 0.15) is 23.5 Å². The number of aromatic hydroxyl groups is 2. The smallest absolute Gasteiger partial charge is 0.306 e. The van der Waals surface area contributed by atoms with Gasteiger partial charge >= 0.3 is 5.97 Å². The zero-order valence-corrected chi connectivity index (χ0v) is 20.5. The Kier molecular flexibility index (Phi) is 6.34. The normalized spacial score (nSPS) is 11.9. The summed E-state index contributed by atoms with van der Waals surface area (Å²) in [6.45, 7) is 0. The molecule has 1 atom stereocenters. The Morgan fingerprint density at radius 3 is 2.45 bits per heavy atom. The zero-order chi connectivity index (χ0) is 27.0. The van der Waals surface area contributed by atoms with Gasteiger partial charge in [-0.05, 0) is 23.6 Å². The number of ether oxygens (including phenoxy) is 2. The summed E-state index contributed by atoms with van der Waals surface area (Å²) in [6.07, 6.45) is -0.353. The van der Waals surface area contributed by atoms with Crippen LogP contribution in [0.15, 0.2) is 80.7 Å². The lowest BCUT2D eigenvalue weighted by molar-refractivity contribution is -0.140. The fourth-order valence-corrected chi connectivity index (χ4v) is 4.60. The molecule has 192 valence electrons. The van der Waals surface area contributed by atoms with Gasteiger partial charge in [0.1, 0.15) is 34.0 Å². The van der Waals surface area contributed by atoms with Crippen molar-refractivity contribution in [1.82, 2.24) is 4.98 Å². The molecule has 5 aromatic rings. The standard InChI is InChI=1S/C29H23NO8/c1-36-17-9-8-16-10-19(29(35)30-20(16)11-17)18(12-25(34)37-2)26-21(31)13-22(32)27-23(33)14-24(38-28(26)27)15-6-4-3-5-7-15/h3-11,13-14,18,31-32H,12H2,1-2H3,(H,30,35)/t18-/m1/s1. The number of aromatic nitrogens is 1. The number of nitrogens with one attached hydrogen (secondary N) is 1. The highest BCUT2D eigenvalue weighted by Gasteiger charge is 2.30. The quantitative estimate of drug-likeness (QED) is 0.284. The number of carbonyl (C=O) groups is 1. The molecule has 2 aromatic heterocycles. The Labute approximate surface area is 215 Å². The largest absolute Gasteiger partial charge is 0.507 e. The number of H-pyrrole nitrogens is 1. The van der Waals surface area contributed by atoms with Gasteiger partial charge in [-0.1, -0.05) is 30.3 Å². The van der Waals surface area contributed by atoms with E-state index in [0.717, 1.165) is 6.07 Å². The maximum atomic E-state index is 13.3. The Bertz CT molecular complexity index is 1800. The van der Waals surface area contributed by atoms with Gasteiger partial charge in [0.15, 0.2) is 5.43 Å². The lowest BCUT2D eigenvalue weighted by Gasteiger charge is -2.20. The molecule has 0 unspecified atom stereocenters. The van der Waals surface area contributed by atoms with Crippen LogP contribution in [-0.2, 0) is 9.53 Å². The van der Waals surface area contributed by atoms with Crippen molar-refractivity contribution in [3.8, 4) is 28.6 Å². The maximum absolute atomic E-state index is 13.3. The lowest BCUT2D eigenvalue weighted by atomic mass is 9.86. The van der Waals surface area contributed by atoms with Crippen LogP contribution in [0.5, 0.6) is 17.2 Å². The molecule has 0 saturated carbocycles. The molecule has 0 aliphatic rings. The van der Waals surface area contributed by atoms with Crippen molar-refractivity contribution in [3.63, 3.8) is 0 Å². The van der Waals surface area contributed by atoms with Crippen LogP contribution in [0, 0.1) is 0 Å². The molecule has 5 rings (SSSR count). The Morgan fingerprint density at radius 2 is 1.74 bits per heavy atom. The third-order valence-electron chi connectivity index (χ3n) is 6.46. The average molecular weight is 514 g/mol. The Morgan fingerprint density at radius 1 is 0.974 bits per heavy atom. The number of pyridine rings is 1. The van der Waals surface area contributed by atoms with Gasteiger partial charge in [-0.3, -0.25) is 14.4 Å². The number of esters is 1. The summed E-state index contributed by atoms with van der Waals surface area (Å²) in [5.74, 6) is -1.96. The second-order valence-corrected chi connectivity index (χ2v) is 8.71. The number of methoxy groups -OCH3 is 2. The summed E-state index contributed by atoms with van der Waals surface area (Å²) in [6, 6.07) is 17.8. The van der Waals surface area contributed by atoms with Crippen LogP contribution in [-0.4, -0.2) is 35.4 Å². The number of aromatic amines is 1. The minimum absolute atomic E-state index is 0.00329. The number of hydrogen-bond acceptors (Lipinski definition) is 8. The van der Waals surface area contributed by atoms with E-state index in [2.05, 4.69) is 4.98 Å². The molecule has 0 aliphatic carbocycles. The van der Waals surface area contributed by atoms with Crippen LogP contribution >= 0.6 is 0 Å². The van der Waals surface area contributed by atoms with E-state index in [9.17, 15) is 24.6 Å². The number of carbonyl (C=O) groups excluding carboxylic acids is 1. The van der Waals surface area contributed by atoms with E-state index in [4.69, 9.17) is 13.9 Å². The molecule has 0 aliphatic heterocycles. The third-order valence-corrected chi connectivity index (χ3v) is 6.46. The summed E-state index contributed by atoms with van der Waals surface area (Å²) in [7, 11) is 2.72. The van der Waals surface area contributed by atoms with Crippen LogP contribution < -0.4 is 15.7 Å². The van der Waals surface area contributed by atoms with Gasteiger partial charge in [0, 0.05) is 40.8 Å². The van der Waals surface area contributed by atoms with Crippen molar-refractivity contribution < 1.29 is 28.9 Å². The monoisotopic (exact) mass is 513 g/mol. The SMILES string of the molecule is COC(=O)C[C@H](c1cc2ccc(OC)cc2[nH]c1=O)c1c(O)cc(O)c2c(=O)cc(-c3ccccc3)oc12. The first kappa shape index (κ1) is 24.6. The van der Waals surface area contributed by atoms with Crippen LogP contribution in [0.3, 0.4) is 0 Å². The molecule has 0 radical (unpaired) electrons. The second kappa shape index (κ2) is 9.78. The van der Waals surface area contributed by atoms with Crippen molar-refractivity contribution >= 4 is 27.8 Å². The van der Waals surface area contributed by atoms with E-state index < -0.39 is 34.4 Å². The number of phenols is 2. The van der Waals surface area contributed by atoms with Crippen molar-refractivity contribution in [2.24, 2.45) is 0 Å². The molecule has 9 heteroatoms. The highest BCUT2D eigenvalue weighted by molar-refractivity contribution is 5.91. The van der Waals surface area contributed by atoms with E-state index in [1.165, 1.54) is 20.3 Å². The zero-order valence-electron chi connectivity index (χ0n) is 20.5. The first-order valence-corrected chi connectivity index (χ1v) is 11.7. The maximum Gasteiger partial charge on any atom is 0.306 e. The molecular formula is C29H23NO8. The molecule has 2 heterocycles. The lowest BCUT2D eigenvalue weighted by Crippen LogP contribution is -2.20. The molecule has 3 N–H and O–H groups in total. The molecule has 9 nitrogen and oxygen atoms in total. The average Bonchev–Trinajstić information content (AvgIpc) is 2.91. The van der Waals surface area contributed by atoms with Crippen molar-refractivity contribution in [3.05, 3.63) is 98.4 Å². The molecule has 0 saturated heterocycles. The van der Waals surface area contributed by atoms with Gasteiger partial charge in [0.05, 0.1) is 26.2 Å². The van der Waals surface area contributed by atoms with Gasteiger partial charge in [-0.2, -0.15) is 0 Å². The van der Waals surface area contributed by atoms with Crippen molar-refractivity contribution in [2.75, 3.05) is 14.2 Å². The van der Waals surface area contributed by atoms with Gasteiger partial charge in [-0.15, -0.1) is 0 Å². The predicted molar refractivity (Wildman–Crippen MR) is 141 cm³/mol. The minimum Gasteiger partial charge on any atom is -0.507 e. The fraction of sp³-hybridized carbons (Fsp3) is 0.138. The summed E-state index contributed by atoms with van der Waals surface area (Å²) in [4.78, 5) is 41.8. The molecule has 0 spiro atoms. The van der Waals surface area contributed by atoms with Crippen LogP contribution in [0.2, 0.25) is 0 Å². The fourth-order valence-electron chi connectivity index (χ4n) is 4.60. The van der Waals surface area contributed by atoms with Crippen molar-refractivity contribution in [2.45, 2.75) is 12.3 Å². The highest BCUT2D eigenvalue weighted by Crippen LogP contribution is 2.42. The van der Waals surface area contributed by atoms with Crippen molar-refractivity contribution in [1.29, 1.82) is 0 Å². The Hall–Kier alpha value is -5.05. The van der Waals surface area contributed by atoms with Crippen LogP contribution in [0.4, 0.5) is 0 Å². The highest BCUT2D eigenvalue weighted by atomic mass is 16.5. The number of fused-ring (bicyclic) bond motifs is 2. The van der Waals surface area contributed by atoms with E-state index >= 15 is 0 Å². The molecule has 38 heavy (non-hydrogen) atoms. The number of hydrogen-bond donors (Lipinski definition) is 3. The summed E-state index contributed by atoms with van der Waals surface area (Å²) in [5, 5.41) is 22.0. The topological polar surface area (TPSA) is 139 Å². The van der Waals surface area contributed by atoms with Gasteiger partial charge in [-0.25, -0.2) is 0 Å². The predicted octanol–water partition coefficient (Wildman–Crippen LogP) is 4.42. The molecule has 3 aromatic carbocycles. The molecule has 0 amide bonds. The second-order valence-electron chi connectivity index (χ2n) is 8.71. The van der Waals surface area contributed by atoms with E-state index in [0.29, 0.717) is 22.2 Å². The van der Waals surface area contributed by atoms with E-state index in [-0.39, 0.29) is 34.3 Å². The first-order valence-electron chi connectivity index (χ1n) is 11.7. The van der Waals surface area contributed by atoms with E-state index in [1.807, 2.05) is 0 Å². The third kappa shape index (κ3) is 4.34. The van der Waals surface area contributed by atoms with Crippen LogP contribution in [0.25, 0.3) is 33.2 Å². The molecular weight excluding hydrogens is 490 g/mol. The first-order chi connectivity index (χ1) is 18.3. The summed E-state index contributed by atoms with van der Waals surface area (Å²) >= 11 is 0. The Balaban J connectivity index is 1.83. The van der Waals surface area contributed by atoms with Gasteiger partial charge < -0.3 is 29.1 Å². The number of benzene rings is 3. The minimum atomic E-state index is -1.09. The summed E-state index contributed by atoms with van der Waals surface area (Å²) < 4.78 is 16.2. The number of rotatable bonds is 6. The number of phenolic OH excluding ortho intramolecular Hbond substituents is 2.